The van der Waals surface area contributed by atoms with Crippen molar-refractivity contribution in [2.75, 3.05) is 0 Å². The van der Waals surface area contributed by atoms with Crippen molar-refractivity contribution in [3.8, 4) is 0 Å². The average molecular weight is 213 g/mol. The molecule has 0 fully saturated rings. The van der Waals surface area contributed by atoms with Crippen molar-refractivity contribution in [1.82, 2.24) is 5.32 Å². The van der Waals surface area contributed by atoms with Gasteiger partial charge in [-0.1, -0.05) is 19.9 Å². The van der Waals surface area contributed by atoms with Crippen LogP contribution in [0.1, 0.15) is 33.6 Å². The fourth-order valence-electron chi connectivity index (χ4n) is 1.03. The van der Waals surface area contributed by atoms with E-state index < -0.39 is 11.5 Å². The van der Waals surface area contributed by atoms with Gasteiger partial charge < -0.3 is 10.4 Å². The second kappa shape index (κ2) is 5.53. The first-order chi connectivity index (χ1) is 6.84. The molecule has 15 heavy (non-hydrogen) atoms. The summed E-state index contributed by atoms with van der Waals surface area (Å²) >= 11 is 0. The number of carbonyl (C=O) groups is 2. The number of allylic oxidation sites excluding steroid dienone is 1. The number of aliphatic carboxylic acids is 1. The highest BCUT2D eigenvalue weighted by atomic mass is 16.4. The number of carboxylic acid groups (broad SMARTS) is 1. The van der Waals surface area contributed by atoms with Gasteiger partial charge in [0.1, 0.15) is 5.54 Å². The summed E-state index contributed by atoms with van der Waals surface area (Å²) in [6.07, 6.45) is 2.46. The molecule has 1 amide bonds. The molecule has 0 aromatic carbocycles. The van der Waals surface area contributed by atoms with Crippen molar-refractivity contribution in [3.63, 3.8) is 0 Å². The zero-order chi connectivity index (χ0) is 12.1. The molecule has 86 valence electrons. The van der Waals surface area contributed by atoms with Gasteiger partial charge in [0.25, 0.3) is 0 Å². The highest BCUT2D eigenvalue weighted by molar-refractivity contribution is 5.86. The third kappa shape index (κ3) is 3.73. The highest BCUT2D eigenvalue weighted by Crippen LogP contribution is 2.17. The minimum atomic E-state index is -1.20. The second-order valence-electron chi connectivity index (χ2n) is 4.04. The van der Waals surface area contributed by atoms with Crippen LogP contribution in [0.25, 0.3) is 0 Å². The second-order valence-corrected chi connectivity index (χ2v) is 4.04. The van der Waals surface area contributed by atoms with Gasteiger partial charge in [-0.15, -0.1) is 6.58 Å². The number of rotatable bonds is 6. The van der Waals surface area contributed by atoms with Crippen LogP contribution < -0.4 is 5.32 Å². The Hall–Kier alpha value is -1.32. The van der Waals surface area contributed by atoms with Gasteiger partial charge in [-0.2, -0.15) is 0 Å². The minimum absolute atomic E-state index is 0.164. The van der Waals surface area contributed by atoms with E-state index in [1.54, 1.807) is 19.9 Å². The Morgan fingerprint density at radius 1 is 1.53 bits per heavy atom. The van der Waals surface area contributed by atoms with Gasteiger partial charge in [-0.3, -0.25) is 4.79 Å². The Bertz CT molecular complexity index is 261. The first-order valence-electron chi connectivity index (χ1n) is 5.00. The fraction of sp³-hybridized carbons (Fsp3) is 0.636. The zero-order valence-corrected chi connectivity index (χ0v) is 9.54. The molecule has 2 N–H and O–H groups in total. The smallest absolute Gasteiger partial charge is 0.329 e. The molecule has 4 heteroatoms. The van der Waals surface area contributed by atoms with E-state index in [0.717, 1.165) is 0 Å². The summed E-state index contributed by atoms with van der Waals surface area (Å²) in [6.45, 7) is 8.55. The Morgan fingerprint density at radius 2 is 2.07 bits per heavy atom. The first-order valence-corrected chi connectivity index (χ1v) is 5.00. The monoisotopic (exact) mass is 213 g/mol. The molecule has 0 bridgehead atoms. The van der Waals surface area contributed by atoms with E-state index in [4.69, 9.17) is 5.11 Å². The summed E-state index contributed by atoms with van der Waals surface area (Å²) in [5.41, 5.74) is -1.20. The van der Waals surface area contributed by atoms with Crippen molar-refractivity contribution in [2.45, 2.75) is 39.2 Å². The molecule has 0 aliphatic carbocycles. The molecule has 0 saturated carbocycles. The topological polar surface area (TPSA) is 66.4 Å². The van der Waals surface area contributed by atoms with Crippen LogP contribution in [0.3, 0.4) is 0 Å². The van der Waals surface area contributed by atoms with E-state index in [0.29, 0.717) is 6.42 Å². The van der Waals surface area contributed by atoms with Gasteiger partial charge in [-0.25, -0.2) is 4.79 Å². The lowest BCUT2D eigenvalue weighted by Gasteiger charge is -2.30. The summed E-state index contributed by atoms with van der Waals surface area (Å²) in [6, 6.07) is 0. The van der Waals surface area contributed by atoms with Crippen LogP contribution in [-0.4, -0.2) is 22.5 Å². The van der Waals surface area contributed by atoms with Crippen molar-refractivity contribution in [1.29, 1.82) is 0 Å². The number of carbonyl (C=O) groups excluding carboxylic acids is 1. The Labute approximate surface area is 90.4 Å². The van der Waals surface area contributed by atoms with E-state index in [-0.39, 0.29) is 18.2 Å². The summed E-state index contributed by atoms with van der Waals surface area (Å²) in [5.74, 6) is -1.43. The number of hydrogen-bond donors (Lipinski definition) is 2. The van der Waals surface area contributed by atoms with Crippen LogP contribution in [-0.2, 0) is 9.59 Å². The van der Waals surface area contributed by atoms with Crippen LogP contribution in [0.2, 0.25) is 0 Å². The lowest BCUT2D eigenvalue weighted by molar-refractivity contribution is -0.148. The summed E-state index contributed by atoms with van der Waals surface area (Å²) < 4.78 is 0. The maximum absolute atomic E-state index is 11.4. The van der Waals surface area contributed by atoms with Crippen LogP contribution in [0.4, 0.5) is 0 Å². The van der Waals surface area contributed by atoms with Crippen LogP contribution in [0.5, 0.6) is 0 Å². The van der Waals surface area contributed by atoms with Gasteiger partial charge in [0.05, 0.1) is 0 Å². The Kier molecular flexibility index (Phi) is 5.05. The largest absolute Gasteiger partial charge is 0.480 e. The van der Waals surface area contributed by atoms with E-state index in [1.807, 2.05) is 0 Å². The molecule has 4 nitrogen and oxygen atoms in total. The SMILES string of the molecule is C=CCCC(=O)NC(C)(C(=O)O)C(C)C. The minimum Gasteiger partial charge on any atom is -0.480 e. The van der Waals surface area contributed by atoms with Gasteiger partial charge in [0.15, 0.2) is 0 Å². The van der Waals surface area contributed by atoms with Gasteiger partial charge in [0, 0.05) is 6.42 Å². The van der Waals surface area contributed by atoms with Crippen molar-refractivity contribution in [3.05, 3.63) is 12.7 Å². The predicted octanol–water partition coefficient (Wildman–Crippen LogP) is 1.57. The normalized spacial score (nSPS) is 14.4. The molecule has 0 saturated heterocycles. The van der Waals surface area contributed by atoms with Crippen molar-refractivity contribution < 1.29 is 14.7 Å². The van der Waals surface area contributed by atoms with Gasteiger partial charge >= 0.3 is 5.97 Å². The van der Waals surface area contributed by atoms with E-state index in [1.165, 1.54) is 6.92 Å². The van der Waals surface area contributed by atoms with Gasteiger partial charge in [0.2, 0.25) is 5.91 Å². The standard InChI is InChI=1S/C11H19NO3/c1-5-6-7-9(13)12-11(4,8(2)3)10(14)15/h5,8H,1,6-7H2,2-4H3,(H,12,13)(H,14,15). The molecule has 0 radical (unpaired) electrons. The Morgan fingerprint density at radius 3 is 2.40 bits per heavy atom. The molecule has 0 aromatic heterocycles. The quantitative estimate of drug-likeness (QED) is 0.658. The van der Waals surface area contributed by atoms with Crippen LogP contribution >= 0.6 is 0 Å². The molecule has 0 aliphatic rings. The maximum Gasteiger partial charge on any atom is 0.329 e. The molecule has 0 aliphatic heterocycles. The third-order valence-electron chi connectivity index (χ3n) is 2.57. The lowest BCUT2D eigenvalue weighted by atomic mass is 9.88. The van der Waals surface area contributed by atoms with Gasteiger partial charge in [-0.05, 0) is 19.3 Å². The van der Waals surface area contributed by atoms with Crippen molar-refractivity contribution >= 4 is 11.9 Å². The molecular formula is C11H19NO3. The van der Waals surface area contributed by atoms with E-state index in [2.05, 4.69) is 11.9 Å². The predicted molar refractivity (Wildman–Crippen MR) is 58.5 cm³/mol. The molecule has 0 aromatic rings. The zero-order valence-electron chi connectivity index (χ0n) is 9.54. The number of carboxylic acids is 1. The summed E-state index contributed by atoms with van der Waals surface area (Å²) in [4.78, 5) is 22.4. The number of nitrogens with one attached hydrogen (secondary N) is 1. The van der Waals surface area contributed by atoms with Crippen LogP contribution in [0.15, 0.2) is 12.7 Å². The average Bonchev–Trinajstić information content (AvgIpc) is 2.13. The summed E-state index contributed by atoms with van der Waals surface area (Å²) in [7, 11) is 0. The number of hydrogen-bond acceptors (Lipinski definition) is 2. The molecular weight excluding hydrogens is 194 g/mol. The first kappa shape index (κ1) is 13.7. The Balaban J connectivity index is 4.49. The van der Waals surface area contributed by atoms with Crippen molar-refractivity contribution in [2.24, 2.45) is 5.92 Å². The molecule has 0 rings (SSSR count). The molecule has 1 unspecified atom stereocenters. The molecule has 1 atom stereocenters. The molecule has 0 heterocycles. The third-order valence-corrected chi connectivity index (χ3v) is 2.57. The molecule has 0 spiro atoms. The highest BCUT2D eigenvalue weighted by Gasteiger charge is 2.37. The summed E-state index contributed by atoms with van der Waals surface area (Å²) in [5, 5.41) is 11.6. The van der Waals surface area contributed by atoms with E-state index in [9.17, 15) is 9.59 Å². The number of amides is 1. The fourth-order valence-corrected chi connectivity index (χ4v) is 1.03. The maximum atomic E-state index is 11.4. The van der Waals surface area contributed by atoms with Crippen LogP contribution in [0, 0.1) is 5.92 Å². The van der Waals surface area contributed by atoms with E-state index >= 15 is 0 Å². The lowest BCUT2D eigenvalue weighted by Crippen LogP contribution is -2.55.